The van der Waals surface area contributed by atoms with Crippen LogP contribution in [0.2, 0.25) is 0 Å². The molecule has 4 N–H and O–H groups in total. The van der Waals surface area contributed by atoms with Crippen LogP contribution in [-0.4, -0.2) is 0 Å². The molecule has 0 amide bonds. The summed E-state index contributed by atoms with van der Waals surface area (Å²) in [7, 11) is 0. The van der Waals surface area contributed by atoms with Crippen LogP contribution in [0.3, 0.4) is 0 Å². The molecule has 0 saturated heterocycles. The van der Waals surface area contributed by atoms with Crippen molar-refractivity contribution in [3.8, 4) is 0 Å². The highest BCUT2D eigenvalue weighted by atomic mass is 14.7. The highest BCUT2D eigenvalue weighted by Crippen LogP contribution is 2.19. The normalized spacial score (nSPS) is 11.0. The van der Waals surface area contributed by atoms with E-state index in [1.165, 1.54) is 10.8 Å². The molecule has 3 rings (SSSR count). The molecule has 0 saturated carbocycles. The summed E-state index contributed by atoms with van der Waals surface area (Å²) in [6.07, 6.45) is 0. The fourth-order valence-corrected chi connectivity index (χ4v) is 1.93. The number of H-pyrrole nitrogens is 1. The highest BCUT2D eigenvalue weighted by molar-refractivity contribution is 5.91. The molecule has 0 aliphatic heterocycles. The molecule has 1 heterocycles. The maximum Gasteiger partial charge on any atom is 0.272 e. The Bertz CT molecular complexity index is 644. The molecule has 0 aliphatic carbocycles. The average Bonchev–Trinajstić information content (AvgIpc) is 2.27. The van der Waals surface area contributed by atoms with Gasteiger partial charge in [0.2, 0.25) is 11.2 Å². The number of benzene rings is 2. The molecule has 0 spiro atoms. The number of hydrogen-bond acceptors (Lipinski definition) is 0. The maximum absolute atomic E-state index is 4.02. The van der Waals surface area contributed by atoms with Gasteiger partial charge in [-0.25, -0.2) is 0 Å². The molecule has 72 valence electrons. The van der Waals surface area contributed by atoms with Gasteiger partial charge in [-0.2, -0.15) is 4.98 Å². The number of aromatic nitrogens is 1. The van der Waals surface area contributed by atoms with E-state index in [1.54, 1.807) is 0 Å². The standard InChI is InChI=1S/C13H10N2/c14-11-6-3-5-10-8-9-4-1-2-7-12(9)15-13(10)11/h1-8H,14H2/p+2. The predicted molar refractivity (Wildman–Crippen MR) is 60.6 cm³/mol. The number of aromatic amines is 1. The van der Waals surface area contributed by atoms with Crippen LogP contribution in [0.5, 0.6) is 0 Å². The van der Waals surface area contributed by atoms with E-state index in [4.69, 9.17) is 0 Å². The summed E-state index contributed by atoms with van der Waals surface area (Å²) in [4.78, 5) is 3.42. The van der Waals surface area contributed by atoms with Gasteiger partial charge in [0.15, 0.2) is 0 Å². The summed E-state index contributed by atoms with van der Waals surface area (Å²) in [5, 5.41) is 2.44. The molecule has 0 bridgehead atoms. The maximum atomic E-state index is 4.02. The summed E-state index contributed by atoms with van der Waals surface area (Å²) in [6, 6.07) is 16.6. The lowest BCUT2D eigenvalue weighted by Crippen LogP contribution is -2.41. The third kappa shape index (κ3) is 1.27. The molecule has 0 fully saturated rings. The summed E-state index contributed by atoms with van der Waals surface area (Å²) in [5.41, 5.74) is 7.34. The predicted octanol–water partition coefficient (Wildman–Crippen LogP) is 1.68. The van der Waals surface area contributed by atoms with Crippen molar-refractivity contribution in [1.82, 2.24) is 0 Å². The van der Waals surface area contributed by atoms with Gasteiger partial charge in [-0.1, -0.05) is 18.2 Å². The van der Waals surface area contributed by atoms with E-state index in [9.17, 15) is 0 Å². The lowest BCUT2D eigenvalue weighted by molar-refractivity contribution is -0.325. The van der Waals surface area contributed by atoms with Crippen LogP contribution < -0.4 is 10.7 Å². The third-order valence-corrected chi connectivity index (χ3v) is 2.71. The number of nitrogens with one attached hydrogen (secondary N) is 1. The third-order valence-electron chi connectivity index (χ3n) is 2.71. The van der Waals surface area contributed by atoms with Crippen molar-refractivity contribution in [3.63, 3.8) is 0 Å². The number of fused-ring (bicyclic) bond motifs is 2. The van der Waals surface area contributed by atoms with Crippen molar-refractivity contribution in [3.05, 3.63) is 48.5 Å². The van der Waals surface area contributed by atoms with Gasteiger partial charge in [0.05, 0.1) is 5.39 Å². The Morgan fingerprint density at radius 3 is 2.60 bits per heavy atom. The van der Waals surface area contributed by atoms with Crippen molar-refractivity contribution in [2.75, 3.05) is 0 Å². The molecule has 15 heavy (non-hydrogen) atoms. The zero-order valence-corrected chi connectivity index (χ0v) is 8.33. The molecule has 2 heteroatoms. The van der Waals surface area contributed by atoms with Crippen molar-refractivity contribution in [2.24, 2.45) is 0 Å². The zero-order valence-electron chi connectivity index (χ0n) is 8.33. The van der Waals surface area contributed by atoms with E-state index in [2.05, 4.69) is 41.0 Å². The number of quaternary nitrogens is 1. The van der Waals surface area contributed by atoms with Gasteiger partial charge in [0.25, 0.3) is 5.52 Å². The van der Waals surface area contributed by atoms with E-state index in [0.717, 1.165) is 16.7 Å². The first-order valence-corrected chi connectivity index (χ1v) is 5.00. The molecule has 2 nitrogen and oxygen atoms in total. The molecule has 3 aromatic rings. The summed E-state index contributed by atoms with van der Waals surface area (Å²) < 4.78 is 0. The van der Waals surface area contributed by atoms with Crippen molar-refractivity contribution >= 4 is 27.5 Å². The van der Waals surface area contributed by atoms with Crippen LogP contribution in [0.25, 0.3) is 21.8 Å². The van der Waals surface area contributed by atoms with Crippen molar-refractivity contribution < 1.29 is 10.7 Å². The molecule has 1 aromatic heterocycles. The molecular weight excluding hydrogens is 184 g/mol. The van der Waals surface area contributed by atoms with Crippen LogP contribution in [-0.2, 0) is 0 Å². The molecule has 0 aliphatic rings. The Morgan fingerprint density at radius 2 is 1.67 bits per heavy atom. The van der Waals surface area contributed by atoms with Crippen LogP contribution in [0.15, 0.2) is 48.5 Å². The first-order chi connectivity index (χ1) is 7.34. The van der Waals surface area contributed by atoms with Gasteiger partial charge in [-0.05, 0) is 18.2 Å². The van der Waals surface area contributed by atoms with Gasteiger partial charge in [-0.15, -0.1) is 0 Å². The fourth-order valence-electron chi connectivity index (χ4n) is 1.93. The van der Waals surface area contributed by atoms with E-state index < -0.39 is 0 Å². The lowest BCUT2D eigenvalue weighted by Gasteiger charge is -1.95. The van der Waals surface area contributed by atoms with Gasteiger partial charge in [0.1, 0.15) is 0 Å². The summed E-state index contributed by atoms with van der Waals surface area (Å²) >= 11 is 0. The topological polar surface area (TPSA) is 41.8 Å². The van der Waals surface area contributed by atoms with Gasteiger partial charge >= 0.3 is 0 Å². The quantitative estimate of drug-likeness (QED) is 0.532. The number of pyridine rings is 1. The van der Waals surface area contributed by atoms with Gasteiger partial charge < -0.3 is 5.73 Å². The minimum absolute atomic E-state index is 1.04. The van der Waals surface area contributed by atoms with E-state index in [-0.39, 0.29) is 0 Å². The smallest absolute Gasteiger partial charge is 0.272 e. The summed E-state index contributed by atoms with van der Waals surface area (Å²) in [5.74, 6) is 0. The van der Waals surface area contributed by atoms with Crippen LogP contribution >= 0.6 is 0 Å². The Hall–Kier alpha value is -1.93. The van der Waals surface area contributed by atoms with E-state index in [1.807, 2.05) is 18.2 Å². The molecule has 0 atom stereocenters. The first kappa shape index (κ1) is 8.38. The summed E-state index contributed by atoms with van der Waals surface area (Å²) in [6.45, 7) is 0. The minimum atomic E-state index is 1.04. The highest BCUT2D eigenvalue weighted by Gasteiger charge is 2.09. The van der Waals surface area contributed by atoms with Crippen LogP contribution in [0, 0.1) is 0 Å². The average molecular weight is 196 g/mol. The van der Waals surface area contributed by atoms with Crippen LogP contribution in [0.1, 0.15) is 0 Å². The van der Waals surface area contributed by atoms with Crippen molar-refractivity contribution in [2.45, 2.75) is 0 Å². The Kier molecular flexibility index (Phi) is 1.70. The second-order valence-electron chi connectivity index (χ2n) is 3.74. The molecular formula is C13H12N2+2. The number of hydrogen-bond donors (Lipinski definition) is 1. The second kappa shape index (κ2) is 3.04. The lowest BCUT2D eigenvalue weighted by atomic mass is 10.1. The number of rotatable bonds is 0. The molecule has 2 aromatic carbocycles. The Balaban J connectivity index is 2.53. The molecule has 0 unspecified atom stereocenters. The Labute approximate surface area is 87.4 Å². The molecule has 0 radical (unpaired) electrons. The zero-order chi connectivity index (χ0) is 10.3. The first-order valence-electron chi connectivity index (χ1n) is 5.00. The SMILES string of the molecule is [NH3+]c1cccc2cc3ccccc3[nH+]c12. The van der Waals surface area contributed by atoms with E-state index >= 15 is 0 Å². The monoisotopic (exact) mass is 196 g/mol. The fraction of sp³-hybridized carbons (Fsp3) is 0. The van der Waals surface area contributed by atoms with Crippen molar-refractivity contribution in [1.29, 1.82) is 0 Å². The van der Waals surface area contributed by atoms with Crippen LogP contribution in [0.4, 0.5) is 5.69 Å². The second-order valence-corrected chi connectivity index (χ2v) is 3.74. The van der Waals surface area contributed by atoms with Gasteiger partial charge in [0, 0.05) is 17.5 Å². The minimum Gasteiger partial charge on any atom is -0.319 e. The van der Waals surface area contributed by atoms with Gasteiger partial charge in [-0.3, -0.25) is 0 Å². The van der Waals surface area contributed by atoms with E-state index in [0.29, 0.717) is 0 Å². The largest absolute Gasteiger partial charge is 0.319 e. The Morgan fingerprint density at radius 1 is 0.867 bits per heavy atom. The number of para-hydroxylation sites is 2.